The van der Waals surface area contributed by atoms with Crippen LogP contribution < -0.4 is 0 Å². The fraction of sp³-hybridized carbons (Fsp3) is 0. The van der Waals surface area contributed by atoms with Crippen molar-refractivity contribution in [1.29, 1.82) is 0 Å². The highest BCUT2D eigenvalue weighted by Gasteiger charge is 2.15. The second-order valence-electron chi connectivity index (χ2n) is 9.83. The lowest BCUT2D eigenvalue weighted by Crippen LogP contribution is -2.00. The van der Waals surface area contributed by atoms with Gasteiger partial charge < -0.3 is 0 Å². The van der Waals surface area contributed by atoms with Crippen LogP contribution in [0.1, 0.15) is 0 Å². The standard InChI is InChI=1S/C37H24ClN3/c38-34-24-23-33(31-13-7-8-14-32(31)34)37-40-35(29-11-5-2-6-12-29)39-36(41-37)30-21-19-28(20-22-30)27-17-15-26(16-18-27)25-9-3-1-4-10-25/h1-24H. The number of benzene rings is 6. The second-order valence-corrected chi connectivity index (χ2v) is 10.2. The first-order valence-corrected chi connectivity index (χ1v) is 13.9. The van der Waals surface area contributed by atoms with Gasteiger partial charge in [-0.3, -0.25) is 0 Å². The highest BCUT2D eigenvalue weighted by Crippen LogP contribution is 2.34. The van der Waals surface area contributed by atoms with Crippen LogP contribution in [0.15, 0.2) is 146 Å². The highest BCUT2D eigenvalue weighted by atomic mass is 35.5. The van der Waals surface area contributed by atoms with E-state index in [0.29, 0.717) is 22.5 Å². The molecule has 1 aromatic heterocycles. The Morgan fingerprint density at radius 3 is 1.27 bits per heavy atom. The molecule has 0 saturated heterocycles. The Morgan fingerprint density at radius 2 is 0.707 bits per heavy atom. The maximum absolute atomic E-state index is 6.52. The van der Waals surface area contributed by atoms with Crippen molar-refractivity contribution in [2.24, 2.45) is 0 Å². The molecule has 6 aromatic carbocycles. The van der Waals surface area contributed by atoms with Crippen LogP contribution in [0.3, 0.4) is 0 Å². The SMILES string of the molecule is Clc1ccc(-c2nc(-c3ccccc3)nc(-c3ccc(-c4ccc(-c5ccccc5)cc4)cc3)n2)c2ccccc12. The average molecular weight is 546 g/mol. The zero-order valence-corrected chi connectivity index (χ0v) is 22.8. The largest absolute Gasteiger partial charge is 0.208 e. The van der Waals surface area contributed by atoms with Gasteiger partial charge in [-0.15, -0.1) is 0 Å². The van der Waals surface area contributed by atoms with E-state index in [4.69, 9.17) is 26.6 Å². The summed E-state index contributed by atoms with van der Waals surface area (Å²) in [5.41, 5.74) is 7.48. The van der Waals surface area contributed by atoms with Crippen molar-refractivity contribution in [2.45, 2.75) is 0 Å². The molecule has 7 rings (SSSR count). The Balaban J connectivity index is 1.29. The smallest absolute Gasteiger partial charge is 0.164 e. The molecule has 1 heterocycles. The Labute approximate surface area is 243 Å². The van der Waals surface area contributed by atoms with Crippen LogP contribution in [0.2, 0.25) is 5.02 Å². The number of rotatable bonds is 5. The molecule has 0 saturated carbocycles. The summed E-state index contributed by atoms with van der Waals surface area (Å²) in [6.07, 6.45) is 0. The van der Waals surface area contributed by atoms with E-state index >= 15 is 0 Å². The molecule has 0 amide bonds. The summed E-state index contributed by atoms with van der Waals surface area (Å²) in [4.78, 5) is 14.8. The van der Waals surface area contributed by atoms with Crippen LogP contribution in [0.4, 0.5) is 0 Å². The predicted octanol–water partition coefficient (Wildman–Crippen LogP) is 10.0. The van der Waals surface area contributed by atoms with Gasteiger partial charge in [0.1, 0.15) is 0 Å². The van der Waals surface area contributed by atoms with E-state index in [2.05, 4.69) is 78.9 Å². The van der Waals surface area contributed by atoms with E-state index in [0.717, 1.165) is 38.6 Å². The fourth-order valence-electron chi connectivity index (χ4n) is 5.10. The van der Waals surface area contributed by atoms with Gasteiger partial charge in [-0.2, -0.15) is 0 Å². The number of hydrogen-bond donors (Lipinski definition) is 0. The molecule has 0 aliphatic heterocycles. The molecular weight excluding hydrogens is 522 g/mol. The highest BCUT2D eigenvalue weighted by molar-refractivity contribution is 6.36. The third-order valence-corrected chi connectivity index (χ3v) is 7.58. The monoisotopic (exact) mass is 545 g/mol. The van der Waals surface area contributed by atoms with Crippen molar-refractivity contribution in [2.75, 3.05) is 0 Å². The molecule has 4 heteroatoms. The van der Waals surface area contributed by atoms with Crippen LogP contribution in [0.5, 0.6) is 0 Å². The van der Waals surface area contributed by atoms with Gasteiger partial charge in [-0.1, -0.05) is 145 Å². The van der Waals surface area contributed by atoms with E-state index in [1.807, 2.05) is 66.7 Å². The molecule has 0 unspecified atom stereocenters. The van der Waals surface area contributed by atoms with Crippen LogP contribution in [-0.2, 0) is 0 Å². The lowest BCUT2D eigenvalue weighted by molar-refractivity contribution is 1.08. The minimum Gasteiger partial charge on any atom is -0.208 e. The minimum atomic E-state index is 0.613. The molecule has 0 atom stereocenters. The summed E-state index contributed by atoms with van der Waals surface area (Å²) in [6.45, 7) is 0. The Bertz CT molecular complexity index is 1970. The fourth-order valence-corrected chi connectivity index (χ4v) is 5.32. The van der Waals surface area contributed by atoms with E-state index < -0.39 is 0 Å². The maximum Gasteiger partial charge on any atom is 0.164 e. The first kappa shape index (κ1) is 24.9. The van der Waals surface area contributed by atoms with Crippen molar-refractivity contribution in [3.8, 4) is 56.4 Å². The molecule has 7 aromatic rings. The Morgan fingerprint density at radius 1 is 0.317 bits per heavy atom. The number of fused-ring (bicyclic) bond motifs is 1. The predicted molar refractivity (Wildman–Crippen MR) is 170 cm³/mol. The van der Waals surface area contributed by atoms with Crippen LogP contribution in [0.25, 0.3) is 67.2 Å². The van der Waals surface area contributed by atoms with E-state index in [9.17, 15) is 0 Å². The van der Waals surface area contributed by atoms with Crippen LogP contribution in [-0.4, -0.2) is 15.0 Å². The molecular formula is C37H24ClN3. The van der Waals surface area contributed by atoms with Gasteiger partial charge in [0, 0.05) is 27.1 Å². The van der Waals surface area contributed by atoms with Crippen molar-refractivity contribution < 1.29 is 0 Å². The van der Waals surface area contributed by atoms with Gasteiger partial charge in [0.25, 0.3) is 0 Å². The van der Waals surface area contributed by atoms with Gasteiger partial charge in [-0.25, -0.2) is 15.0 Å². The number of halogens is 1. The second kappa shape index (κ2) is 10.8. The molecule has 0 aliphatic rings. The van der Waals surface area contributed by atoms with Crippen molar-refractivity contribution >= 4 is 22.4 Å². The summed E-state index contributed by atoms with van der Waals surface area (Å²) >= 11 is 6.52. The topological polar surface area (TPSA) is 38.7 Å². The third kappa shape index (κ3) is 5.00. The summed E-state index contributed by atoms with van der Waals surface area (Å²) < 4.78 is 0. The average Bonchev–Trinajstić information content (AvgIpc) is 3.06. The lowest BCUT2D eigenvalue weighted by Gasteiger charge is -2.11. The van der Waals surface area contributed by atoms with Gasteiger partial charge in [0.15, 0.2) is 17.5 Å². The molecule has 0 spiro atoms. The molecule has 3 nitrogen and oxygen atoms in total. The van der Waals surface area contributed by atoms with Gasteiger partial charge in [0.2, 0.25) is 0 Å². The minimum absolute atomic E-state index is 0.613. The van der Waals surface area contributed by atoms with Crippen molar-refractivity contribution in [3.63, 3.8) is 0 Å². The van der Waals surface area contributed by atoms with Gasteiger partial charge in [-0.05, 0) is 39.8 Å². The normalized spacial score (nSPS) is 11.0. The molecule has 0 bridgehead atoms. The summed E-state index contributed by atoms with van der Waals surface area (Å²) in [5.74, 6) is 1.87. The van der Waals surface area contributed by atoms with E-state index in [1.54, 1.807) is 0 Å². The number of nitrogens with zero attached hydrogens (tertiary/aromatic N) is 3. The van der Waals surface area contributed by atoms with Gasteiger partial charge >= 0.3 is 0 Å². The Hall–Kier alpha value is -5.12. The number of hydrogen-bond acceptors (Lipinski definition) is 3. The molecule has 0 fully saturated rings. The summed E-state index contributed by atoms with van der Waals surface area (Å²) in [5, 5.41) is 2.68. The molecule has 194 valence electrons. The Kier molecular flexibility index (Phi) is 6.56. The van der Waals surface area contributed by atoms with Crippen molar-refractivity contribution in [3.05, 3.63) is 151 Å². The zero-order chi connectivity index (χ0) is 27.6. The molecule has 0 N–H and O–H groups in total. The number of aromatic nitrogens is 3. The van der Waals surface area contributed by atoms with Gasteiger partial charge in [0.05, 0.1) is 0 Å². The quantitative estimate of drug-likeness (QED) is 0.216. The molecule has 41 heavy (non-hydrogen) atoms. The van der Waals surface area contributed by atoms with Crippen LogP contribution in [0, 0.1) is 0 Å². The zero-order valence-electron chi connectivity index (χ0n) is 22.1. The lowest BCUT2D eigenvalue weighted by atomic mass is 9.99. The third-order valence-electron chi connectivity index (χ3n) is 7.25. The maximum atomic E-state index is 6.52. The van der Waals surface area contributed by atoms with E-state index in [1.165, 1.54) is 11.1 Å². The van der Waals surface area contributed by atoms with E-state index in [-0.39, 0.29) is 0 Å². The van der Waals surface area contributed by atoms with Crippen molar-refractivity contribution in [1.82, 2.24) is 15.0 Å². The first-order chi connectivity index (χ1) is 20.2. The van der Waals surface area contributed by atoms with Crippen LogP contribution >= 0.6 is 11.6 Å². The molecule has 0 aliphatic carbocycles. The molecule has 0 radical (unpaired) electrons. The summed E-state index contributed by atoms with van der Waals surface area (Å²) in [6, 6.07) is 49.5. The summed E-state index contributed by atoms with van der Waals surface area (Å²) in [7, 11) is 0. The first-order valence-electron chi connectivity index (χ1n) is 13.5.